The lowest BCUT2D eigenvalue weighted by molar-refractivity contribution is 0.0943. The second-order valence-corrected chi connectivity index (χ2v) is 5.47. The molecule has 1 N–H and O–H groups in total. The van der Waals surface area contributed by atoms with Gasteiger partial charge in [-0.1, -0.05) is 5.16 Å². The van der Waals surface area contributed by atoms with E-state index in [1.165, 1.54) is 12.1 Å². The molecule has 0 aliphatic carbocycles. The average Bonchev–Trinajstić information content (AvgIpc) is 3.21. The van der Waals surface area contributed by atoms with Crippen LogP contribution in [0.4, 0.5) is 4.39 Å². The number of amides is 1. The standard InChI is InChI=1S/C17H17FN4O2/c1-12-10-20-22(11-12)8-2-7-19-17(23)15-9-16(24-21-15)13-3-5-14(18)6-4-13/h3-6,9-11H,2,7-8H2,1H3,(H,19,23). The molecular formula is C17H17FN4O2. The third kappa shape index (κ3) is 3.87. The number of benzene rings is 1. The van der Waals surface area contributed by atoms with Crippen molar-refractivity contribution in [3.63, 3.8) is 0 Å². The molecule has 0 fully saturated rings. The van der Waals surface area contributed by atoms with Gasteiger partial charge in [0.15, 0.2) is 11.5 Å². The summed E-state index contributed by atoms with van der Waals surface area (Å²) in [6.07, 6.45) is 4.51. The summed E-state index contributed by atoms with van der Waals surface area (Å²) in [5.74, 6) is -0.209. The zero-order chi connectivity index (χ0) is 16.9. The topological polar surface area (TPSA) is 73.0 Å². The van der Waals surface area contributed by atoms with Gasteiger partial charge in [-0.2, -0.15) is 5.10 Å². The minimum Gasteiger partial charge on any atom is -0.355 e. The van der Waals surface area contributed by atoms with E-state index in [2.05, 4.69) is 15.6 Å². The van der Waals surface area contributed by atoms with E-state index in [4.69, 9.17) is 4.52 Å². The van der Waals surface area contributed by atoms with E-state index in [0.717, 1.165) is 18.5 Å². The van der Waals surface area contributed by atoms with Crippen LogP contribution < -0.4 is 5.32 Å². The number of halogens is 1. The molecule has 0 radical (unpaired) electrons. The quantitative estimate of drug-likeness (QED) is 0.706. The average molecular weight is 328 g/mol. The van der Waals surface area contributed by atoms with Crippen molar-refractivity contribution in [2.24, 2.45) is 0 Å². The van der Waals surface area contributed by atoms with Crippen LogP contribution in [0.2, 0.25) is 0 Å². The Kier molecular flexibility index (Phi) is 4.69. The SMILES string of the molecule is Cc1cnn(CCCNC(=O)c2cc(-c3ccc(F)cc3)on2)c1. The summed E-state index contributed by atoms with van der Waals surface area (Å²) in [5, 5.41) is 10.7. The highest BCUT2D eigenvalue weighted by Crippen LogP contribution is 2.20. The van der Waals surface area contributed by atoms with Crippen LogP contribution in [-0.2, 0) is 6.54 Å². The Morgan fingerprint density at radius 2 is 2.12 bits per heavy atom. The van der Waals surface area contributed by atoms with Crippen LogP contribution in [0.25, 0.3) is 11.3 Å². The van der Waals surface area contributed by atoms with Crippen LogP contribution in [0.15, 0.2) is 47.2 Å². The van der Waals surface area contributed by atoms with Crippen molar-refractivity contribution in [1.82, 2.24) is 20.3 Å². The Morgan fingerprint density at radius 3 is 2.83 bits per heavy atom. The van der Waals surface area contributed by atoms with Gasteiger partial charge in [0.2, 0.25) is 0 Å². The van der Waals surface area contributed by atoms with Crippen molar-refractivity contribution in [1.29, 1.82) is 0 Å². The van der Waals surface area contributed by atoms with Gasteiger partial charge in [0, 0.05) is 30.9 Å². The van der Waals surface area contributed by atoms with Crippen LogP contribution in [0.5, 0.6) is 0 Å². The van der Waals surface area contributed by atoms with Gasteiger partial charge in [-0.05, 0) is 43.2 Å². The van der Waals surface area contributed by atoms with E-state index in [9.17, 15) is 9.18 Å². The van der Waals surface area contributed by atoms with Gasteiger partial charge in [0.05, 0.1) is 6.20 Å². The van der Waals surface area contributed by atoms with Gasteiger partial charge in [0.1, 0.15) is 5.82 Å². The zero-order valence-corrected chi connectivity index (χ0v) is 13.2. The second kappa shape index (κ2) is 7.08. The fourth-order valence-electron chi connectivity index (χ4n) is 2.26. The summed E-state index contributed by atoms with van der Waals surface area (Å²) in [6, 6.07) is 7.34. The van der Waals surface area contributed by atoms with E-state index < -0.39 is 0 Å². The maximum Gasteiger partial charge on any atom is 0.273 e. The Balaban J connectivity index is 1.51. The van der Waals surface area contributed by atoms with Crippen LogP contribution in [0, 0.1) is 12.7 Å². The Hall–Kier alpha value is -2.96. The second-order valence-electron chi connectivity index (χ2n) is 5.47. The lowest BCUT2D eigenvalue weighted by Crippen LogP contribution is -2.25. The van der Waals surface area contributed by atoms with Gasteiger partial charge in [-0.3, -0.25) is 9.48 Å². The van der Waals surface area contributed by atoms with E-state index >= 15 is 0 Å². The van der Waals surface area contributed by atoms with Gasteiger partial charge >= 0.3 is 0 Å². The molecule has 0 unspecified atom stereocenters. The predicted molar refractivity (Wildman–Crippen MR) is 85.8 cm³/mol. The minimum atomic E-state index is -0.330. The highest BCUT2D eigenvalue weighted by Gasteiger charge is 2.13. The number of hydrogen-bond donors (Lipinski definition) is 1. The minimum absolute atomic E-state index is 0.198. The third-order valence-electron chi connectivity index (χ3n) is 3.48. The lowest BCUT2D eigenvalue weighted by Gasteiger charge is -2.03. The third-order valence-corrected chi connectivity index (χ3v) is 3.48. The fraction of sp³-hybridized carbons (Fsp3) is 0.235. The normalized spacial score (nSPS) is 10.8. The molecule has 3 rings (SSSR count). The van der Waals surface area contributed by atoms with Crippen molar-refractivity contribution in [3.05, 3.63) is 59.8 Å². The molecular weight excluding hydrogens is 311 g/mol. The van der Waals surface area contributed by atoms with Gasteiger partial charge in [-0.15, -0.1) is 0 Å². The van der Waals surface area contributed by atoms with Gasteiger partial charge in [0.25, 0.3) is 5.91 Å². The molecule has 0 aliphatic rings. The monoisotopic (exact) mass is 328 g/mol. The number of hydrogen-bond acceptors (Lipinski definition) is 4. The van der Waals surface area contributed by atoms with Crippen LogP contribution in [0.3, 0.4) is 0 Å². The number of rotatable bonds is 6. The number of nitrogens with zero attached hydrogens (tertiary/aromatic N) is 3. The molecule has 0 saturated heterocycles. The van der Waals surface area contributed by atoms with E-state index in [1.54, 1.807) is 24.4 Å². The summed E-state index contributed by atoms with van der Waals surface area (Å²) < 4.78 is 19.9. The summed E-state index contributed by atoms with van der Waals surface area (Å²) >= 11 is 0. The molecule has 0 saturated carbocycles. The predicted octanol–water partition coefficient (Wildman–Crippen LogP) is 2.81. The summed E-state index contributed by atoms with van der Waals surface area (Å²) in [6.45, 7) is 3.22. The molecule has 24 heavy (non-hydrogen) atoms. The molecule has 124 valence electrons. The molecule has 2 aromatic heterocycles. The maximum absolute atomic E-state index is 12.9. The summed E-state index contributed by atoms with van der Waals surface area (Å²) in [4.78, 5) is 12.0. The summed E-state index contributed by atoms with van der Waals surface area (Å²) in [5.41, 5.74) is 1.97. The first-order valence-electron chi connectivity index (χ1n) is 7.62. The van der Waals surface area contributed by atoms with Crippen LogP contribution >= 0.6 is 0 Å². The molecule has 1 aromatic carbocycles. The highest BCUT2D eigenvalue weighted by molar-refractivity contribution is 5.93. The van der Waals surface area contributed by atoms with Gasteiger partial charge < -0.3 is 9.84 Å². The molecule has 0 atom stereocenters. The van der Waals surface area contributed by atoms with Gasteiger partial charge in [-0.25, -0.2) is 4.39 Å². The first kappa shape index (κ1) is 15.9. The summed E-state index contributed by atoms with van der Waals surface area (Å²) in [7, 11) is 0. The Labute approximate surface area is 138 Å². The smallest absolute Gasteiger partial charge is 0.273 e. The molecule has 1 amide bonds. The number of nitrogens with one attached hydrogen (secondary N) is 1. The van der Waals surface area contributed by atoms with Crippen LogP contribution in [0.1, 0.15) is 22.5 Å². The largest absolute Gasteiger partial charge is 0.355 e. The van der Waals surface area contributed by atoms with Crippen molar-refractivity contribution < 1.29 is 13.7 Å². The van der Waals surface area contributed by atoms with Crippen molar-refractivity contribution in [2.45, 2.75) is 19.9 Å². The lowest BCUT2D eigenvalue weighted by atomic mass is 10.1. The molecule has 0 spiro atoms. The van der Waals surface area contributed by atoms with E-state index in [-0.39, 0.29) is 17.4 Å². The zero-order valence-electron chi connectivity index (χ0n) is 13.2. The molecule has 3 aromatic rings. The number of aryl methyl sites for hydroxylation is 2. The first-order valence-corrected chi connectivity index (χ1v) is 7.62. The maximum atomic E-state index is 12.9. The molecule has 7 heteroatoms. The Bertz CT molecular complexity index is 823. The molecule has 0 aliphatic heterocycles. The number of aromatic nitrogens is 3. The highest BCUT2D eigenvalue weighted by atomic mass is 19.1. The fourth-order valence-corrected chi connectivity index (χ4v) is 2.26. The molecule has 6 nitrogen and oxygen atoms in total. The number of carbonyl (C=O) groups is 1. The first-order chi connectivity index (χ1) is 11.6. The van der Waals surface area contributed by atoms with Crippen molar-refractivity contribution >= 4 is 5.91 Å². The molecule has 0 bridgehead atoms. The van der Waals surface area contributed by atoms with Crippen molar-refractivity contribution in [3.8, 4) is 11.3 Å². The van der Waals surface area contributed by atoms with E-state index in [1.807, 2.05) is 17.8 Å². The van der Waals surface area contributed by atoms with Crippen LogP contribution in [-0.4, -0.2) is 27.4 Å². The van der Waals surface area contributed by atoms with E-state index in [0.29, 0.717) is 17.9 Å². The number of carbonyl (C=O) groups excluding carboxylic acids is 1. The van der Waals surface area contributed by atoms with Crippen molar-refractivity contribution in [2.75, 3.05) is 6.54 Å². The Morgan fingerprint density at radius 1 is 1.33 bits per heavy atom. The molecule has 2 heterocycles.